The van der Waals surface area contributed by atoms with E-state index in [4.69, 9.17) is 5.11 Å². The SMILES string of the molecule is CS(=O)(=O)c1ccc(-c2nnnn2CCCC(=O)O)cc1. The van der Waals surface area contributed by atoms with E-state index in [1.54, 1.807) is 12.1 Å². The van der Waals surface area contributed by atoms with Gasteiger partial charge >= 0.3 is 5.97 Å². The van der Waals surface area contributed by atoms with E-state index < -0.39 is 15.8 Å². The van der Waals surface area contributed by atoms with Gasteiger partial charge in [-0.1, -0.05) is 0 Å². The van der Waals surface area contributed by atoms with Gasteiger partial charge < -0.3 is 5.11 Å². The summed E-state index contributed by atoms with van der Waals surface area (Å²) in [6, 6.07) is 6.22. The van der Waals surface area contributed by atoms with Crippen molar-refractivity contribution < 1.29 is 18.3 Å². The second-order valence-corrected chi connectivity index (χ2v) is 6.54. The number of aryl methyl sites for hydroxylation is 1. The summed E-state index contributed by atoms with van der Waals surface area (Å²) in [4.78, 5) is 10.7. The van der Waals surface area contributed by atoms with Crippen LogP contribution in [0.5, 0.6) is 0 Å². The number of hydrogen-bond acceptors (Lipinski definition) is 6. The Balaban J connectivity index is 2.19. The summed E-state index contributed by atoms with van der Waals surface area (Å²) in [6.45, 7) is 0.377. The molecule has 21 heavy (non-hydrogen) atoms. The Bertz CT molecular complexity index is 737. The van der Waals surface area contributed by atoms with Crippen molar-refractivity contribution in [1.82, 2.24) is 20.2 Å². The Kier molecular flexibility index (Phi) is 4.32. The Morgan fingerprint density at radius 2 is 1.95 bits per heavy atom. The van der Waals surface area contributed by atoms with Crippen LogP contribution >= 0.6 is 0 Å². The van der Waals surface area contributed by atoms with Gasteiger partial charge in [-0.2, -0.15) is 0 Å². The fraction of sp³-hybridized carbons (Fsp3) is 0.333. The quantitative estimate of drug-likeness (QED) is 0.831. The molecule has 0 saturated heterocycles. The second-order valence-electron chi connectivity index (χ2n) is 4.52. The molecule has 1 aromatic heterocycles. The molecule has 0 aliphatic carbocycles. The third-order valence-corrected chi connectivity index (χ3v) is 3.96. The number of hydrogen-bond donors (Lipinski definition) is 1. The van der Waals surface area contributed by atoms with E-state index in [-0.39, 0.29) is 11.3 Å². The zero-order valence-corrected chi connectivity index (χ0v) is 12.1. The maximum absolute atomic E-state index is 11.4. The third-order valence-electron chi connectivity index (χ3n) is 2.83. The van der Waals surface area contributed by atoms with Crippen molar-refractivity contribution in [2.24, 2.45) is 0 Å². The fourth-order valence-electron chi connectivity index (χ4n) is 1.79. The van der Waals surface area contributed by atoms with E-state index in [9.17, 15) is 13.2 Å². The highest BCUT2D eigenvalue weighted by Gasteiger charge is 2.11. The minimum absolute atomic E-state index is 0.0340. The molecule has 0 amide bonds. The van der Waals surface area contributed by atoms with Gasteiger partial charge in [0.1, 0.15) is 0 Å². The molecule has 0 bridgehead atoms. The van der Waals surface area contributed by atoms with E-state index >= 15 is 0 Å². The van der Waals surface area contributed by atoms with Crippen molar-refractivity contribution in [1.29, 1.82) is 0 Å². The van der Waals surface area contributed by atoms with E-state index in [1.165, 1.54) is 16.8 Å². The van der Waals surface area contributed by atoms with Crippen molar-refractivity contribution in [3.63, 3.8) is 0 Å². The van der Waals surface area contributed by atoms with Crippen molar-refractivity contribution in [2.45, 2.75) is 24.3 Å². The highest BCUT2D eigenvalue weighted by Crippen LogP contribution is 2.19. The van der Waals surface area contributed by atoms with E-state index in [0.717, 1.165) is 6.26 Å². The average molecular weight is 310 g/mol. The molecule has 8 nitrogen and oxygen atoms in total. The van der Waals surface area contributed by atoms with Gasteiger partial charge in [-0.15, -0.1) is 5.10 Å². The normalized spacial score (nSPS) is 11.5. The standard InChI is InChI=1S/C12H14N4O4S/c1-21(19,20)10-6-4-9(5-7-10)12-13-14-15-16(12)8-2-3-11(17)18/h4-7H,2-3,8H2,1H3,(H,17,18). The zero-order valence-electron chi connectivity index (χ0n) is 11.3. The van der Waals surface area contributed by atoms with Crippen LogP contribution in [0.4, 0.5) is 0 Å². The first-order valence-electron chi connectivity index (χ1n) is 6.16. The lowest BCUT2D eigenvalue weighted by molar-refractivity contribution is -0.137. The number of aromatic nitrogens is 4. The van der Waals surface area contributed by atoms with Crippen molar-refractivity contribution in [3.05, 3.63) is 24.3 Å². The molecular formula is C12H14N4O4S. The summed E-state index contributed by atoms with van der Waals surface area (Å²) in [5.41, 5.74) is 0.669. The van der Waals surface area contributed by atoms with Crippen molar-refractivity contribution in [3.8, 4) is 11.4 Å². The van der Waals surface area contributed by atoms with Crippen LogP contribution in [0.15, 0.2) is 29.2 Å². The van der Waals surface area contributed by atoms with Gasteiger partial charge in [0, 0.05) is 24.8 Å². The third kappa shape index (κ3) is 3.85. The summed E-state index contributed by atoms with van der Waals surface area (Å²) in [7, 11) is -3.25. The van der Waals surface area contributed by atoms with Crippen molar-refractivity contribution >= 4 is 15.8 Å². The van der Waals surface area contributed by atoms with Gasteiger partial charge in [0.25, 0.3) is 0 Å². The lowest BCUT2D eigenvalue weighted by atomic mass is 10.2. The van der Waals surface area contributed by atoms with Crippen LogP contribution in [0.25, 0.3) is 11.4 Å². The summed E-state index contributed by atoms with van der Waals surface area (Å²) < 4.78 is 24.3. The number of rotatable bonds is 6. The summed E-state index contributed by atoms with van der Waals surface area (Å²) in [5, 5.41) is 19.9. The fourth-order valence-corrected chi connectivity index (χ4v) is 2.42. The number of tetrazole rings is 1. The minimum atomic E-state index is -3.25. The molecule has 112 valence electrons. The first-order valence-corrected chi connectivity index (χ1v) is 8.05. The number of sulfone groups is 1. The molecule has 0 unspecified atom stereocenters. The molecule has 0 aliphatic heterocycles. The van der Waals surface area contributed by atoms with Crippen LogP contribution in [-0.4, -0.2) is 46.0 Å². The molecule has 0 atom stereocenters. The smallest absolute Gasteiger partial charge is 0.303 e. The Morgan fingerprint density at radius 1 is 1.29 bits per heavy atom. The van der Waals surface area contributed by atoms with Crippen LogP contribution in [0, 0.1) is 0 Å². The maximum Gasteiger partial charge on any atom is 0.303 e. The van der Waals surface area contributed by atoms with Gasteiger partial charge in [0.05, 0.1) is 4.90 Å². The lowest BCUT2D eigenvalue weighted by Crippen LogP contribution is -2.05. The van der Waals surface area contributed by atoms with E-state index in [0.29, 0.717) is 24.4 Å². The van der Waals surface area contributed by atoms with Crippen LogP contribution in [0.2, 0.25) is 0 Å². The van der Waals surface area contributed by atoms with Crippen LogP contribution in [-0.2, 0) is 21.2 Å². The largest absolute Gasteiger partial charge is 0.481 e. The number of aliphatic carboxylic acids is 1. The highest BCUT2D eigenvalue weighted by atomic mass is 32.2. The Hall–Kier alpha value is -2.29. The monoisotopic (exact) mass is 310 g/mol. The molecule has 1 aromatic carbocycles. The number of benzene rings is 1. The Labute approximate surface area is 121 Å². The molecule has 9 heteroatoms. The number of carboxylic acid groups (broad SMARTS) is 1. The van der Waals surface area contributed by atoms with E-state index in [2.05, 4.69) is 15.5 Å². The molecule has 2 aromatic rings. The predicted octanol–water partition coefficient (Wildman–Crippen LogP) is 0.608. The van der Waals surface area contributed by atoms with Gasteiger partial charge in [-0.25, -0.2) is 13.1 Å². The number of carboxylic acids is 1. The molecule has 1 heterocycles. The average Bonchev–Trinajstić information content (AvgIpc) is 2.86. The van der Waals surface area contributed by atoms with Crippen LogP contribution < -0.4 is 0 Å². The topological polar surface area (TPSA) is 115 Å². The van der Waals surface area contributed by atoms with Gasteiger partial charge in [0.15, 0.2) is 15.7 Å². The molecule has 0 aliphatic rings. The second kappa shape index (κ2) is 6.00. The van der Waals surface area contributed by atoms with Gasteiger partial charge in [-0.05, 0) is 41.1 Å². The van der Waals surface area contributed by atoms with Gasteiger partial charge in [0.2, 0.25) is 0 Å². The van der Waals surface area contributed by atoms with Crippen molar-refractivity contribution in [2.75, 3.05) is 6.26 Å². The number of nitrogens with zero attached hydrogens (tertiary/aromatic N) is 4. The molecule has 0 saturated carbocycles. The molecule has 0 fully saturated rings. The minimum Gasteiger partial charge on any atom is -0.481 e. The first kappa shape index (κ1) is 15.1. The molecule has 0 spiro atoms. The summed E-state index contributed by atoms with van der Waals surface area (Å²) in [6.07, 6.45) is 1.58. The summed E-state index contributed by atoms with van der Waals surface area (Å²) >= 11 is 0. The lowest BCUT2D eigenvalue weighted by Gasteiger charge is -2.04. The Morgan fingerprint density at radius 3 is 2.52 bits per heavy atom. The molecule has 0 radical (unpaired) electrons. The van der Waals surface area contributed by atoms with Crippen LogP contribution in [0.1, 0.15) is 12.8 Å². The molecule has 1 N–H and O–H groups in total. The van der Waals surface area contributed by atoms with Crippen LogP contribution in [0.3, 0.4) is 0 Å². The first-order chi connectivity index (χ1) is 9.88. The number of carbonyl (C=O) groups is 1. The highest BCUT2D eigenvalue weighted by molar-refractivity contribution is 7.90. The predicted molar refractivity (Wildman–Crippen MR) is 73.2 cm³/mol. The maximum atomic E-state index is 11.4. The van der Waals surface area contributed by atoms with Gasteiger partial charge in [-0.3, -0.25) is 4.79 Å². The molecule has 2 rings (SSSR count). The van der Waals surface area contributed by atoms with E-state index in [1.807, 2.05) is 0 Å². The molecular weight excluding hydrogens is 296 g/mol. The summed E-state index contributed by atoms with van der Waals surface area (Å²) in [5.74, 6) is -0.400. The zero-order chi connectivity index (χ0) is 15.5.